The highest BCUT2D eigenvalue weighted by atomic mass is 79.9. The van der Waals surface area contributed by atoms with E-state index in [1.54, 1.807) is 0 Å². The van der Waals surface area contributed by atoms with Crippen molar-refractivity contribution in [2.24, 2.45) is 5.73 Å². The zero-order valence-corrected chi connectivity index (χ0v) is 11.7. The lowest BCUT2D eigenvalue weighted by Crippen LogP contribution is -2.21. The van der Waals surface area contributed by atoms with Crippen LogP contribution in [0.1, 0.15) is 19.3 Å². The average molecular weight is 304 g/mol. The molecule has 16 heavy (non-hydrogen) atoms. The van der Waals surface area contributed by atoms with E-state index >= 15 is 0 Å². The lowest BCUT2D eigenvalue weighted by molar-refractivity contribution is 0.304. The van der Waals surface area contributed by atoms with Gasteiger partial charge in [-0.1, -0.05) is 15.9 Å². The van der Waals surface area contributed by atoms with Crippen molar-refractivity contribution in [2.75, 3.05) is 12.4 Å². The Morgan fingerprint density at radius 3 is 2.56 bits per heavy atom. The molecule has 0 aliphatic rings. The first-order valence-electron chi connectivity index (χ1n) is 5.47. The van der Waals surface area contributed by atoms with Gasteiger partial charge >= 0.3 is 0 Å². The topological polar surface area (TPSA) is 35.2 Å². The van der Waals surface area contributed by atoms with Gasteiger partial charge in [0, 0.05) is 16.3 Å². The zero-order valence-electron chi connectivity index (χ0n) is 9.23. The highest BCUT2D eigenvalue weighted by Crippen LogP contribution is 2.16. The van der Waals surface area contributed by atoms with Gasteiger partial charge in [0.15, 0.2) is 0 Å². The van der Waals surface area contributed by atoms with E-state index in [0.717, 1.165) is 41.8 Å². The van der Waals surface area contributed by atoms with Crippen molar-refractivity contribution in [1.29, 1.82) is 0 Å². The standard InChI is InChI=1S/C12H18BrNOS/c13-10-4-6-12(7-5-10)15-8-2-1-3-11(14)9-16/h4-7,11,16H,1-3,8-9,14H2. The maximum atomic E-state index is 5.76. The third kappa shape index (κ3) is 5.77. The molecule has 0 aromatic heterocycles. The van der Waals surface area contributed by atoms with Crippen molar-refractivity contribution in [3.05, 3.63) is 28.7 Å². The summed E-state index contributed by atoms with van der Waals surface area (Å²) < 4.78 is 6.66. The van der Waals surface area contributed by atoms with E-state index in [0.29, 0.717) is 0 Å². The molecule has 1 rings (SSSR count). The number of benzene rings is 1. The summed E-state index contributed by atoms with van der Waals surface area (Å²) in [5.41, 5.74) is 5.76. The maximum absolute atomic E-state index is 5.76. The van der Waals surface area contributed by atoms with E-state index in [1.807, 2.05) is 24.3 Å². The second-order valence-corrected chi connectivity index (χ2v) is 5.02. The molecule has 1 atom stereocenters. The Labute approximate surface area is 111 Å². The Bertz CT molecular complexity index is 292. The Hall–Kier alpha value is -0.190. The summed E-state index contributed by atoms with van der Waals surface area (Å²) in [5, 5.41) is 0. The molecule has 0 amide bonds. The SMILES string of the molecule is NC(CS)CCCCOc1ccc(Br)cc1. The normalized spacial score (nSPS) is 12.4. The largest absolute Gasteiger partial charge is 0.494 e. The molecule has 1 unspecified atom stereocenters. The smallest absolute Gasteiger partial charge is 0.119 e. The van der Waals surface area contributed by atoms with Crippen LogP contribution in [0.3, 0.4) is 0 Å². The van der Waals surface area contributed by atoms with Crippen LogP contribution in [-0.2, 0) is 0 Å². The third-order valence-corrected chi connectivity index (χ3v) is 3.28. The highest BCUT2D eigenvalue weighted by molar-refractivity contribution is 9.10. The van der Waals surface area contributed by atoms with Crippen molar-refractivity contribution in [1.82, 2.24) is 0 Å². The second kappa shape index (κ2) is 7.98. The first kappa shape index (κ1) is 13.9. The van der Waals surface area contributed by atoms with Gasteiger partial charge in [0.25, 0.3) is 0 Å². The van der Waals surface area contributed by atoms with Gasteiger partial charge in [-0.2, -0.15) is 12.6 Å². The molecule has 2 N–H and O–H groups in total. The molecule has 0 saturated carbocycles. The quantitative estimate of drug-likeness (QED) is 0.599. The predicted molar refractivity (Wildman–Crippen MR) is 75.3 cm³/mol. The van der Waals surface area contributed by atoms with Crippen molar-refractivity contribution in [2.45, 2.75) is 25.3 Å². The van der Waals surface area contributed by atoms with Crippen molar-refractivity contribution < 1.29 is 4.74 Å². The Balaban J connectivity index is 2.09. The molecule has 1 aromatic rings. The van der Waals surface area contributed by atoms with E-state index in [1.165, 1.54) is 0 Å². The monoisotopic (exact) mass is 303 g/mol. The number of thiol groups is 1. The van der Waals surface area contributed by atoms with Gasteiger partial charge in [-0.05, 0) is 43.5 Å². The van der Waals surface area contributed by atoms with Crippen LogP contribution >= 0.6 is 28.6 Å². The fourth-order valence-electron chi connectivity index (χ4n) is 1.32. The minimum Gasteiger partial charge on any atom is -0.494 e. The molecular weight excluding hydrogens is 286 g/mol. The molecule has 2 nitrogen and oxygen atoms in total. The van der Waals surface area contributed by atoms with Crippen LogP contribution in [0.15, 0.2) is 28.7 Å². The number of unbranched alkanes of at least 4 members (excludes halogenated alkanes) is 1. The summed E-state index contributed by atoms with van der Waals surface area (Å²) in [6.07, 6.45) is 3.16. The van der Waals surface area contributed by atoms with Crippen molar-refractivity contribution in [3.8, 4) is 5.75 Å². The fraction of sp³-hybridized carbons (Fsp3) is 0.500. The summed E-state index contributed by atoms with van der Waals surface area (Å²) in [6, 6.07) is 8.10. The first-order chi connectivity index (χ1) is 7.72. The van der Waals surface area contributed by atoms with Gasteiger partial charge in [0.1, 0.15) is 5.75 Å². The molecule has 0 fully saturated rings. The summed E-state index contributed by atoms with van der Waals surface area (Å²) in [6.45, 7) is 0.751. The molecule has 0 radical (unpaired) electrons. The molecule has 0 bridgehead atoms. The number of ether oxygens (including phenoxy) is 1. The lowest BCUT2D eigenvalue weighted by Gasteiger charge is -2.08. The third-order valence-electron chi connectivity index (χ3n) is 2.29. The number of rotatable bonds is 7. The van der Waals surface area contributed by atoms with Crippen LogP contribution in [0.25, 0.3) is 0 Å². The van der Waals surface area contributed by atoms with E-state index in [9.17, 15) is 0 Å². The molecule has 4 heteroatoms. The zero-order chi connectivity index (χ0) is 11.8. The van der Waals surface area contributed by atoms with Crippen LogP contribution in [0.2, 0.25) is 0 Å². The lowest BCUT2D eigenvalue weighted by atomic mass is 10.1. The minimum atomic E-state index is 0.219. The van der Waals surface area contributed by atoms with Crippen molar-refractivity contribution >= 4 is 28.6 Å². The summed E-state index contributed by atoms with van der Waals surface area (Å²) in [4.78, 5) is 0. The van der Waals surface area contributed by atoms with Crippen LogP contribution in [0.5, 0.6) is 5.75 Å². The average Bonchev–Trinajstić information content (AvgIpc) is 2.31. The number of hydrogen-bond acceptors (Lipinski definition) is 3. The van der Waals surface area contributed by atoms with Gasteiger partial charge < -0.3 is 10.5 Å². The number of halogens is 1. The van der Waals surface area contributed by atoms with Gasteiger partial charge in [-0.25, -0.2) is 0 Å². The van der Waals surface area contributed by atoms with E-state index < -0.39 is 0 Å². The predicted octanol–water partition coefficient (Wildman–Crippen LogP) is 3.26. The molecule has 0 heterocycles. The van der Waals surface area contributed by atoms with Crippen LogP contribution < -0.4 is 10.5 Å². The van der Waals surface area contributed by atoms with Crippen LogP contribution in [0.4, 0.5) is 0 Å². The second-order valence-electron chi connectivity index (χ2n) is 3.74. The van der Waals surface area contributed by atoms with Gasteiger partial charge in [-0.3, -0.25) is 0 Å². The Morgan fingerprint density at radius 2 is 1.94 bits per heavy atom. The van der Waals surface area contributed by atoms with Gasteiger partial charge in [0.2, 0.25) is 0 Å². The first-order valence-corrected chi connectivity index (χ1v) is 6.89. The van der Waals surface area contributed by atoms with E-state index in [4.69, 9.17) is 10.5 Å². The molecular formula is C12H18BrNOS. The fourth-order valence-corrected chi connectivity index (χ4v) is 1.77. The summed E-state index contributed by atoms with van der Waals surface area (Å²) in [7, 11) is 0. The summed E-state index contributed by atoms with van der Waals surface area (Å²) >= 11 is 7.53. The van der Waals surface area contributed by atoms with E-state index in [2.05, 4.69) is 28.6 Å². The minimum absolute atomic E-state index is 0.219. The summed E-state index contributed by atoms with van der Waals surface area (Å²) in [5.74, 6) is 1.68. The maximum Gasteiger partial charge on any atom is 0.119 e. The highest BCUT2D eigenvalue weighted by Gasteiger charge is 1.99. The van der Waals surface area contributed by atoms with Gasteiger partial charge in [0.05, 0.1) is 6.61 Å². The molecule has 1 aromatic carbocycles. The Kier molecular flexibility index (Phi) is 6.92. The Morgan fingerprint density at radius 1 is 1.25 bits per heavy atom. The van der Waals surface area contributed by atoms with Crippen molar-refractivity contribution in [3.63, 3.8) is 0 Å². The van der Waals surface area contributed by atoms with Gasteiger partial charge in [-0.15, -0.1) is 0 Å². The molecule has 0 saturated heterocycles. The molecule has 0 aliphatic carbocycles. The number of hydrogen-bond donors (Lipinski definition) is 2. The van der Waals surface area contributed by atoms with E-state index in [-0.39, 0.29) is 6.04 Å². The number of nitrogens with two attached hydrogens (primary N) is 1. The molecule has 90 valence electrons. The molecule has 0 spiro atoms. The van der Waals surface area contributed by atoms with Crippen LogP contribution in [-0.4, -0.2) is 18.4 Å². The van der Waals surface area contributed by atoms with Crippen LogP contribution in [0, 0.1) is 0 Å². The molecule has 0 aliphatic heterocycles.